The third kappa shape index (κ3) is 4.11. The summed E-state index contributed by atoms with van der Waals surface area (Å²) in [6.45, 7) is 0. The van der Waals surface area contributed by atoms with Gasteiger partial charge in [0.2, 0.25) is 0 Å². The number of thioether (sulfide) groups is 1. The number of aryl methyl sites for hydroxylation is 1. The van der Waals surface area contributed by atoms with Gasteiger partial charge in [0.15, 0.2) is 0 Å². The first-order valence-electron chi connectivity index (χ1n) is 5.86. The van der Waals surface area contributed by atoms with E-state index in [9.17, 15) is 4.79 Å². The maximum atomic E-state index is 11.0. The molecule has 0 atom stereocenters. The van der Waals surface area contributed by atoms with Crippen molar-refractivity contribution in [3.63, 3.8) is 0 Å². The Kier molecular flexibility index (Phi) is 5.05. The van der Waals surface area contributed by atoms with Crippen molar-refractivity contribution in [1.29, 1.82) is 0 Å². The van der Waals surface area contributed by atoms with Gasteiger partial charge in [0.05, 0.1) is 5.56 Å². The number of carbonyl (C=O) groups is 1. The Morgan fingerprint density at radius 3 is 2.58 bits per heavy atom. The number of carboxylic acids is 1. The summed E-state index contributed by atoms with van der Waals surface area (Å²) in [7, 11) is 0. The van der Waals surface area contributed by atoms with Crippen LogP contribution in [-0.2, 0) is 6.42 Å². The van der Waals surface area contributed by atoms with Crippen molar-refractivity contribution in [2.45, 2.75) is 11.3 Å². The monoisotopic (exact) mass is 336 g/mol. The van der Waals surface area contributed by atoms with Gasteiger partial charge in [-0.2, -0.15) is 0 Å². The molecule has 0 aliphatic heterocycles. The van der Waals surface area contributed by atoms with Gasteiger partial charge < -0.3 is 5.11 Å². The number of carboxylic acid groups (broad SMARTS) is 1. The molecule has 0 saturated heterocycles. The highest BCUT2D eigenvalue weighted by Gasteiger charge is 2.09. The summed E-state index contributed by atoms with van der Waals surface area (Å²) in [5, 5.41) is 9.05. The second-order valence-corrected chi connectivity index (χ2v) is 6.05. The van der Waals surface area contributed by atoms with E-state index in [1.54, 1.807) is 23.9 Å². The van der Waals surface area contributed by atoms with Crippen molar-refractivity contribution in [1.82, 2.24) is 0 Å². The number of halogens is 1. The molecule has 0 aliphatic carbocycles. The molecule has 2 aromatic carbocycles. The summed E-state index contributed by atoms with van der Waals surface area (Å²) >= 11 is 4.92. The molecule has 0 bridgehead atoms. The second-order valence-electron chi connectivity index (χ2n) is 4.03. The lowest BCUT2D eigenvalue weighted by atomic mass is 10.2. The molecular formula is C15H13BrO2S. The van der Waals surface area contributed by atoms with Gasteiger partial charge in [-0.25, -0.2) is 4.79 Å². The quantitative estimate of drug-likeness (QED) is 0.818. The van der Waals surface area contributed by atoms with Crippen molar-refractivity contribution in [3.05, 3.63) is 64.1 Å². The van der Waals surface area contributed by atoms with Crippen LogP contribution < -0.4 is 0 Å². The van der Waals surface area contributed by atoms with E-state index in [1.165, 1.54) is 5.56 Å². The predicted octanol–water partition coefficient (Wildman–Crippen LogP) is 4.48. The molecule has 19 heavy (non-hydrogen) atoms. The van der Waals surface area contributed by atoms with Crippen LogP contribution in [0.1, 0.15) is 15.9 Å². The SMILES string of the molecule is O=C(O)c1cc(SCCc2ccccc2)ccc1Br. The van der Waals surface area contributed by atoms with Crippen molar-refractivity contribution in [2.24, 2.45) is 0 Å². The van der Waals surface area contributed by atoms with Crippen LogP contribution in [0.3, 0.4) is 0 Å². The van der Waals surface area contributed by atoms with Crippen molar-refractivity contribution >= 4 is 33.7 Å². The lowest BCUT2D eigenvalue weighted by molar-refractivity contribution is 0.0695. The Balaban J connectivity index is 1.97. The Morgan fingerprint density at radius 2 is 1.89 bits per heavy atom. The molecule has 0 unspecified atom stereocenters. The maximum absolute atomic E-state index is 11.0. The first kappa shape index (κ1) is 14.2. The average molecular weight is 337 g/mol. The smallest absolute Gasteiger partial charge is 0.336 e. The van der Waals surface area contributed by atoms with Gasteiger partial charge in [0.1, 0.15) is 0 Å². The molecule has 0 heterocycles. The van der Waals surface area contributed by atoms with E-state index in [0.29, 0.717) is 10.0 Å². The van der Waals surface area contributed by atoms with Crippen LogP contribution in [-0.4, -0.2) is 16.8 Å². The Labute approximate surface area is 125 Å². The molecule has 0 amide bonds. The highest BCUT2D eigenvalue weighted by Crippen LogP contribution is 2.25. The summed E-state index contributed by atoms with van der Waals surface area (Å²) < 4.78 is 0.618. The fourth-order valence-electron chi connectivity index (χ4n) is 1.69. The van der Waals surface area contributed by atoms with E-state index >= 15 is 0 Å². The molecule has 2 rings (SSSR count). The van der Waals surface area contributed by atoms with Gasteiger partial charge >= 0.3 is 5.97 Å². The molecule has 0 saturated carbocycles. The molecule has 0 radical (unpaired) electrons. The summed E-state index contributed by atoms with van der Waals surface area (Å²) in [4.78, 5) is 12.0. The van der Waals surface area contributed by atoms with Gasteiger partial charge in [-0.1, -0.05) is 30.3 Å². The minimum absolute atomic E-state index is 0.310. The lowest BCUT2D eigenvalue weighted by Crippen LogP contribution is -1.97. The minimum Gasteiger partial charge on any atom is -0.478 e. The van der Waals surface area contributed by atoms with Gasteiger partial charge in [-0.3, -0.25) is 0 Å². The number of hydrogen-bond acceptors (Lipinski definition) is 2. The highest BCUT2D eigenvalue weighted by atomic mass is 79.9. The fraction of sp³-hybridized carbons (Fsp3) is 0.133. The van der Waals surface area contributed by atoms with E-state index in [1.807, 2.05) is 24.3 Å². The van der Waals surface area contributed by atoms with Crippen LogP contribution >= 0.6 is 27.7 Å². The molecule has 0 fully saturated rings. The molecule has 2 aromatic rings. The molecule has 2 nitrogen and oxygen atoms in total. The van der Waals surface area contributed by atoms with E-state index in [4.69, 9.17) is 5.11 Å². The normalized spacial score (nSPS) is 10.4. The number of rotatable bonds is 5. The zero-order chi connectivity index (χ0) is 13.7. The van der Waals surface area contributed by atoms with Crippen molar-refractivity contribution in [3.8, 4) is 0 Å². The van der Waals surface area contributed by atoms with Crippen LogP contribution in [0.15, 0.2) is 57.9 Å². The molecule has 98 valence electrons. The van der Waals surface area contributed by atoms with Gasteiger partial charge in [-0.05, 0) is 46.1 Å². The first-order chi connectivity index (χ1) is 9.16. The molecule has 4 heteroatoms. The topological polar surface area (TPSA) is 37.3 Å². The number of aromatic carboxylic acids is 1. The van der Waals surface area contributed by atoms with Crippen LogP contribution in [0.25, 0.3) is 0 Å². The highest BCUT2D eigenvalue weighted by molar-refractivity contribution is 9.10. The van der Waals surface area contributed by atoms with Gasteiger partial charge in [-0.15, -0.1) is 11.8 Å². The molecule has 0 aromatic heterocycles. The molecule has 1 N–H and O–H groups in total. The van der Waals surface area contributed by atoms with E-state index < -0.39 is 5.97 Å². The zero-order valence-electron chi connectivity index (χ0n) is 10.2. The summed E-state index contributed by atoms with van der Waals surface area (Å²) in [6, 6.07) is 15.7. The van der Waals surface area contributed by atoms with Crippen LogP contribution in [0.2, 0.25) is 0 Å². The lowest BCUT2D eigenvalue weighted by Gasteiger charge is -2.05. The van der Waals surface area contributed by atoms with E-state index in [-0.39, 0.29) is 0 Å². The Hall–Kier alpha value is -1.26. The van der Waals surface area contributed by atoms with Crippen LogP contribution in [0.4, 0.5) is 0 Å². The van der Waals surface area contributed by atoms with Crippen LogP contribution in [0.5, 0.6) is 0 Å². The van der Waals surface area contributed by atoms with Gasteiger partial charge in [0, 0.05) is 15.1 Å². The predicted molar refractivity (Wildman–Crippen MR) is 82.0 cm³/mol. The molecule has 0 spiro atoms. The maximum Gasteiger partial charge on any atom is 0.336 e. The number of hydrogen-bond donors (Lipinski definition) is 1. The van der Waals surface area contributed by atoms with Crippen LogP contribution in [0, 0.1) is 0 Å². The zero-order valence-corrected chi connectivity index (χ0v) is 12.6. The average Bonchev–Trinajstić information content (AvgIpc) is 2.41. The Bertz CT molecular complexity index is 570. The summed E-state index contributed by atoms with van der Waals surface area (Å²) in [6.07, 6.45) is 0.976. The fourth-order valence-corrected chi connectivity index (χ4v) is 3.04. The van der Waals surface area contributed by atoms with Crippen molar-refractivity contribution < 1.29 is 9.90 Å². The second kappa shape index (κ2) is 6.78. The molecule has 0 aliphatic rings. The summed E-state index contributed by atoms with van der Waals surface area (Å²) in [5.74, 6) is 0.0300. The standard InChI is InChI=1S/C15H13BrO2S/c16-14-7-6-12(10-13(14)15(17)18)19-9-8-11-4-2-1-3-5-11/h1-7,10H,8-9H2,(H,17,18). The number of benzene rings is 2. The largest absolute Gasteiger partial charge is 0.478 e. The van der Waals surface area contributed by atoms with Crippen molar-refractivity contribution in [2.75, 3.05) is 5.75 Å². The Morgan fingerprint density at radius 1 is 1.16 bits per heavy atom. The molecular weight excluding hydrogens is 324 g/mol. The minimum atomic E-state index is -0.905. The third-order valence-corrected chi connectivity index (χ3v) is 4.36. The van der Waals surface area contributed by atoms with E-state index in [0.717, 1.165) is 17.1 Å². The van der Waals surface area contributed by atoms with Gasteiger partial charge in [0.25, 0.3) is 0 Å². The third-order valence-electron chi connectivity index (χ3n) is 2.67. The summed E-state index contributed by atoms with van der Waals surface area (Å²) in [5.41, 5.74) is 1.61. The van der Waals surface area contributed by atoms with E-state index in [2.05, 4.69) is 28.1 Å². The first-order valence-corrected chi connectivity index (χ1v) is 7.64.